The second-order valence-corrected chi connectivity index (χ2v) is 12.6. The molecule has 1 saturated heterocycles. The number of ether oxygens (including phenoxy) is 3. The Balaban J connectivity index is 1.84. The minimum absolute atomic E-state index is 0.0496. The van der Waals surface area contributed by atoms with Gasteiger partial charge in [0, 0.05) is 41.7 Å². The Bertz CT molecular complexity index is 1790. The molecule has 246 valence electrons. The van der Waals surface area contributed by atoms with Crippen LogP contribution in [0.5, 0.6) is 17.2 Å². The summed E-state index contributed by atoms with van der Waals surface area (Å²) in [7, 11) is -2.77. The Morgan fingerprint density at radius 1 is 1.04 bits per heavy atom. The van der Waals surface area contributed by atoms with E-state index in [9.17, 15) is 26.4 Å². The van der Waals surface area contributed by atoms with E-state index in [-0.39, 0.29) is 46.3 Å². The number of halogens is 5. The number of nitrogens with one attached hydrogen (secondary N) is 1. The molecular weight excluding hydrogens is 658 g/mol. The fourth-order valence-electron chi connectivity index (χ4n) is 6.05. The van der Waals surface area contributed by atoms with Gasteiger partial charge in [-0.3, -0.25) is 14.5 Å². The minimum atomic E-state index is -5.32. The van der Waals surface area contributed by atoms with Crippen LogP contribution >= 0.6 is 11.6 Å². The van der Waals surface area contributed by atoms with Crippen molar-refractivity contribution < 1.29 is 49.8 Å². The maximum Gasteiger partial charge on any atom is 0.573 e. The molecular formula is C30H28ClF4N3O7S. The lowest BCUT2D eigenvalue weighted by Gasteiger charge is -2.41. The summed E-state index contributed by atoms with van der Waals surface area (Å²) >= 11 is 6.41. The Morgan fingerprint density at radius 3 is 2.41 bits per heavy atom. The average molecular weight is 686 g/mol. The third kappa shape index (κ3) is 5.49. The molecule has 2 aliphatic heterocycles. The van der Waals surface area contributed by atoms with Crippen LogP contribution in [-0.4, -0.2) is 71.0 Å². The Morgan fingerprint density at radius 2 is 1.76 bits per heavy atom. The third-order valence-corrected chi connectivity index (χ3v) is 9.76. The summed E-state index contributed by atoms with van der Waals surface area (Å²) in [5.74, 6) is -3.08. The molecule has 0 spiro atoms. The van der Waals surface area contributed by atoms with Gasteiger partial charge in [-0.2, -0.15) is 0 Å². The van der Waals surface area contributed by atoms with E-state index < -0.39 is 63.1 Å². The first-order chi connectivity index (χ1) is 21.7. The second-order valence-electron chi connectivity index (χ2n) is 10.4. The monoisotopic (exact) mass is 685 g/mol. The fraction of sp³-hybridized carbons (Fsp3) is 0.333. The van der Waals surface area contributed by atoms with E-state index in [1.54, 1.807) is 13.0 Å². The van der Waals surface area contributed by atoms with Crippen molar-refractivity contribution in [3.8, 4) is 17.2 Å². The number of fused-ring (bicyclic) bond motifs is 1. The largest absolute Gasteiger partial charge is 0.573 e. The number of amides is 2. The third-order valence-electron chi connectivity index (χ3n) is 7.79. The lowest BCUT2D eigenvalue weighted by atomic mass is 9.80. The van der Waals surface area contributed by atoms with Gasteiger partial charge in [-0.05, 0) is 43.3 Å². The molecule has 1 fully saturated rings. The highest BCUT2D eigenvalue weighted by Gasteiger charge is 2.64. The molecule has 0 aromatic heterocycles. The number of likely N-dealkylation sites (tertiary alicyclic amines) is 1. The number of nitrogens with zero attached hydrogens (tertiary/aromatic N) is 2. The van der Waals surface area contributed by atoms with Crippen molar-refractivity contribution in [2.45, 2.75) is 42.4 Å². The Labute approximate surface area is 266 Å². The SMILES string of the molecule is CCNC(=O)[C@H]1CC(F)CN1C1(c2ccccc2OC)C(=O)N(S(=O)(=O)c2ccc(OC)cc2OC(F)(F)F)c2ccc(Cl)cc21. The Hall–Kier alpha value is -4.08. The summed E-state index contributed by atoms with van der Waals surface area (Å²) in [4.78, 5) is 28.7. The van der Waals surface area contributed by atoms with E-state index in [0.29, 0.717) is 4.31 Å². The second kappa shape index (κ2) is 12.3. The molecule has 46 heavy (non-hydrogen) atoms. The van der Waals surface area contributed by atoms with Gasteiger partial charge < -0.3 is 19.5 Å². The molecule has 3 aromatic rings. The van der Waals surface area contributed by atoms with Crippen LogP contribution in [0.2, 0.25) is 5.02 Å². The van der Waals surface area contributed by atoms with E-state index >= 15 is 9.18 Å². The quantitative estimate of drug-likeness (QED) is 0.320. The highest BCUT2D eigenvalue weighted by molar-refractivity contribution is 7.93. The van der Waals surface area contributed by atoms with Crippen molar-refractivity contribution in [1.29, 1.82) is 0 Å². The van der Waals surface area contributed by atoms with Crippen molar-refractivity contribution in [3.63, 3.8) is 0 Å². The molecule has 3 atom stereocenters. The summed E-state index contributed by atoms with van der Waals surface area (Å²) in [5, 5.41) is 2.69. The molecule has 10 nitrogen and oxygen atoms in total. The van der Waals surface area contributed by atoms with Crippen LogP contribution in [0.15, 0.2) is 65.6 Å². The first-order valence-electron chi connectivity index (χ1n) is 13.9. The van der Waals surface area contributed by atoms with Crippen LogP contribution in [0, 0.1) is 0 Å². The van der Waals surface area contributed by atoms with Crippen LogP contribution in [0.3, 0.4) is 0 Å². The molecule has 0 bridgehead atoms. The number of carbonyl (C=O) groups excluding carboxylic acids is 2. The molecule has 5 rings (SSSR count). The molecule has 3 aromatic carbocycles. The van der Waals surface area contributed by atoms with Crippen molar-refractivity contribution in [3.05, 3.63) is 76.8 Å². The van der Waals surface area contributed by atoms with Crippen molar-refractivity contribution in [2.75, 3.05) is 31.6 Å². The van der Waals surface area contributed by atoms with Crippen molar-refractivity contribution in [2.24, 2.45) is 0 Å². The number of methoxy groups -OCH3 is 2. The van der Waals surface area contributed by atoms with Gasteiger partial charge in [0.05, 0.1) is 25.9 Å². The number of hydrogen-bond donors (Lipinski definition) is 1. The zero-order valence-electron chi connectivity index (χ0n) is 24.6. The number of alkyl halides is 4. The molecule has 2 aliphatic rings. The van der Waals surface area contributed by atoms with E-state index in [1.165, 1.54) is 48.4 Å². The predicted molar refractivity (Wildman–Crippen MR) is 158 cm³/mol. The van der Waals surface area contributed by atoms with Crippen LogP contribution < -0.4 is 23.8 Å². The number of benzene rings is 3. The van der Waals surface area contributed by atoms with Gasteiger partial charge in [0.15, 0.2) is 11.3 Å². The number of hydrogen-bond acceptors (Lipinski definition) is 8. The average Bonchev–Trinajstić information content (AvgIpc) is 3.51. The van der Waals surface area contributed by atoms with Crippen LogP contribution in [0.1, 0.15) is 24.5 Å². The molecule has 16 heteroatoms. The lowest BCUT2D eigenvalue weighted by molar-refractivity contribution is -0.275. The lowest BCUT2D eigenvalue weighted by Crippen LogP contribution is -2.59. The van der Waals surface area contributed by atoms with Gasteiger partial charge in [0.1, 0.15) is 22.6 Å². The molecule has 0 saturated carbocycles. The van der Waals surface area contributed by atoms with Crippen LogP contribution in [0.4, 0.5) is 23.2 Å². The molecule has 0 radical (unpaired) electrons. The standard InChI is InChI=1S/C30H28ClF4N3O7S/c1-4-36-27(39)23-14-18(32)16-37(23)29(20-7-5-6-8-24(20)44-3)21-13-17(31)9-11-22(21)38(28(29)40)46(41,42)26-12-10-19(43-2)15-25(26)45-30(33,34)35/h5-13,15,18,23H,4,14,16H2,1-3H3,(H,36,39)/t18?,23-,29?/m1/s1. The summed E-state index contributed by atoms with van der Waals surface area (Å²) in [6, 6.07) is 11.2. The van der Waals surface area contributed by atoms with Gasteiger partial charge in [-0.25, -0.2) is 17.1 Å². The zero-order chi connectivity index (χ0) is 33.6. The first kappa shape index (κ1) is 33.3. The number of para-hydroxylation sites is 1. The highest BCUT2D eigenvalue weighted by atomic mass is 35.5. The molecule has 2 amide bonds. The number of carbonyl (C=O) groups is 2. The number of rotatable bonds is 9. The maximum atomic E-state index is 15.3. The fourth-order valence-corrected chi connectivity index (χ4v) is 7.78. The highest BCUT2D eigenvalue weighted by Crippen LogP contribution is 2.55. The van der Waals surface area contributed by atoms with Gasteiger partial charge in [-0.1, -0.05) is 29.8 Å². The van der Waals surface area contributed by atoms with Crippen molar-refractivity contribution in [1.82, 2.24) is 10.2 Å². The van der Waals surface area contributed by atoms with Gasteiger partial charge in [-0.15, -0.1) is 13.2 Å². The predicted octanol–water partition coefficient (Wildman–Crippen LogP) is 4.78. The van der Waals surface area contributed by atoms with E-state index in [2.05, 4.69) is 10.1 Å². The van der Waals surface area contributed by atoms with Crippen LogP contribution in [-0.2, 0) is 25.2 Å². The summed E-state index contributed by atoms with van der Waals surface area (Å²) < 4.78 is 99.7. The van der Waals surface area contributed by atoms with Gasteiger partial charge >= 0.3 is 6.36 Å². The van der Waals surface area contributed by atoms with Crippen LogP contribution in [0.25, 0.3) is 0 Å². The molecule has 0 aliphatic carbocycles. The number of sulfonamides is 1. The van der Waals surface area contributed by atoms with Crippen molar-refractivity contribution >= 4 is 39.1 Å². The molecule has 2 heterocycles. The summed E-state index contributed by atoms with van der Waals surface area (Å²) in [6.45, 7) is 1.34. The van der Waals surface area contributed by atoms with E-state index in [1.807, 2.05) is 0 Å². The Kier molecular flexibility index (Phi) is 8.87. The van der Waals surface area contributed by atoms with Gasteiger partial charge in [0.2, 0.25) is 5.91 Å². The van der Waals surface area contributed by atoms with E-state index in [0.717, 1.165) is 25.3 Å². The zero-order valence-corrected chi connectivity index (χ0v) is 26.2. The smallest absolute Gasteiger partial charge is 0.497 e. The molecule has 1 N–H and O–H groups in total. The normalized spacial score (nSPS) is 21.7. The van der Waals surface area contributed by atoms with Gasteiger partial charge in [0.25, 0.3) is 15.9 Å². The first-order valence-corrected chi connectivity index (χ1v) is 15.7. The van der Waals surface area contributed by atoms with E-state index in [4.69, 9.17) is 21.1 Å². The topological polar surface area (TPSA) is 114 Å². The minimum Gasteiger partial charge on any atom is -0.497 e. The summed E-state index contributed by atoms with van der Waals surface area (Å²) in [5.41, 5.74) is -2.55. The number of anilines is 1. The summed E-state index contributed by atoms with van der Waals surface area (Å²) in [6.07, 6.45) is -7.27. The molecule has 2 unspecified atom stereocenters. The maximum absolute atomic E-state index is 15.3. The number of likely N-dealkylation sites (N-methyl/N-ethyl adjacent to an activating group) is 1.